The summed E-state index contributed by atoms with van der Waals surface area (Å²) >= 11 is 0. The maximum absolute atomic E-state index is 3.88. The maximum atomic E-state index is 3.88. The Bertz CT molecular complexity index is 319. The summed E-state index contributed by atoms with van der Waals surface area (Å²) in [6.07, 6.45) is 0. The molecule has 0 aliphatic heterocycles. The maximum Gasteiger partial charge on any atom is 0.222 e. The van der Waals surface area contributed by atoms with E-state index in [0.29, 0.717) is 5.92 Å². The molecule has 0 saturated heterocycles. The first-order valence-electron chi connectivity index (χ1n) is 4.34. The summed E-state index contributed by atoms with van der Waals surface area (Å²) in [5, 5.41) is 7.43. The number of benzene rings is 1. The van der Waals surface area contributed by atoms with Gasteiger partial charge in [-0.1, -0.05) is 26.0 Å². The van der Waals surface area contributed by atoms with Crippen LogP contribution in [0.2, 0.25) is 0 Å². The van der Waals surface area contributed by atoms with Gasteiger partial charge in [-0.3, -0.25) is 0 Å². The first-order valence-corrected chi connectivity index (χ1v) is 4.34. The number of hydrogen-bond donors (Lipinski definition) is 0. The highest BCUT2D eigenvalue weighted by Gasteiger charge is 1.99. The van der Waals surface area contributed by atoms with Gasteiger partial charge in [-0.25, -0.2) is 0 Å². The molecule has 0 aromatic heterocycles. The fraction of sp³-hybridized carbons (Fsp3) is 0.400. The molecule has 0 aliphatic carbocycles. The minimum atomic E-state index is 0.557. The SMILES string of the molecule is CN=[N+]=Nc1ccc(C(C)C)cc1. The van der Waals surface area contributed by atoms with Crippen molar-refractivity contribution in [2.75, 3.05) is 7.05 Å². The quantitative estimate of drug-likeness (QED) is 0.491. The topological polar surface area (TPSA) is 38.8 Å². The number of nitrogens with zero attached hydrogens (tertiary/aromatic N) is 3. The van der Waals surface area contributed by atoms with Gasteiger partial charge >= 0.3 is 0 Å². The molecule has 0 bridgehead atoms. The van der Waals surface area contributed by atoms with Crippen molar-refractivity contribution in [3.63, 3.8) is 0 Å². The van der Waals surface area contributed by atoms with Gasteiger partial charge in [0.05, 0.1) is 0 Å². The molecule has 13 heavy (non-hydrogen) atoms. The minimum absolute atomic E-state index is 0.557. The minimum Gasteiger partial charge on any atom is -0.0587 e. The van der Waals surface area contributed by atoms with Gasteiger partial charge in [0.15, 0.2) is 10.8 Å². The second kappa shape index (κ2) is 4.53. The first-order chi connectivity index (χ1) is 6.24. The molecular formula is C10H14N3+. The van der Waals surface area contributed by atoms with Crippen molar-refractivity contribution < 1.29 is 0 Å². The monoisotopic (exact) mass is 176 g/mol. The van der Waals surface area contributed by atoms with E-state index in [2.05, 4.69) is 41.1 Å². The lowest BCUT2D eigenvalue weighted by Crippen LogP contribution is -1.84. The molecule has 0 saturated carbocycles. The van der Waals surface area contributed by atoms with Crippen molar-refractivity contribution in [1.82, 2.24) is 4.91 Å². The van der Waals surface area contributed by atoms with Crippen LogP contribution in [0, 0.1) is 0 Å². The lowest BCUT2D eigenvalue weighted by molar-refractivity contribution is 0.866. The molecule has 0 heterocycles. The Morgan fingerprint density at radius 2 is 1.77 bits per heavy atom. The summed E-state index contributed by atoms with van der Waals surface area (Å²) in [6, 6.07) is 8.03. The zero-order valence-corrected chi connectivity index (χ0v) is 8.23. The molecule has 3 nitrogen and oxygen atoms in total. The fourth-order valence-electron chi connectivity index (χ4n) is 1.02. The van der Waals surface area contributed by atoms with Crippen LogP contribution in [0.1, 0.15) is 25.3 Å². The highest BCUT2D eigenvalue weighted by molar-refractivity contribution is 5.38. The van der Waals surface area contributed by atoms with Crippen molar-refractivity contribution in [2.24, 2.45) is 10.2 Å². The molecule has 0 aliphatic rings. The lowest BCUT2D eigenvalue weighted by atomic mass is 10.0. The second-order valence-electron chi connectivity index (χ2n) is 3.14. The van der Waals surface area contributed by atoms with Crippen molar-refractivity contribution in [3.8, 4) is 0 Å². The van der Waals surface area contributed by atoms with E-state index in [0.717, 1.165) is 5.69 Å². The van der Waals surface area contributed by atoms with Gasteiger partial charge in [0.25, 0.3) is 0 Å². The van der Waals surface area contributed by atoms with Crippen LogP contribution in [0.3, 0.4) is 0 Å². The zero-order valence-electron chi connectivity index (χ0n) is 8.23. The number of rotatable bonds is 2. The van der Waals surface area contributed by atoms with Crippen LogP contribution in [-0.4, -0.2) is 7.05 Å². The van der Waals surface area contributed by atoms with Crippen molar-refractivity contribution in [2.45, 2.75) is 19.8 Å². The Hall–Kier alpha value is -1.47. The van der Waals surface area contributed by atoms with Gasteiger partial charge in [0, 0.05) is 0 Å². The molecule has 0 fully saturated rings. The normalized spacial score (nSPS) is 9.54. The van der Waals surface area contributed by atoms with Crippen LogP contribution in [0.15, 0.2) is 34.5 Å². The summed E-state index contributed by atoms with van der Waals surface area (Å²) in [5.74, 6) is 0.557. The molecule has 1 aromatic carbocycles. The van der Waals surface area contributed by atoms with Crippen molar-refractivity contribution in [3.05, 3.63) is 29.8 Å². The van der Waals surface area contributed by atoms with E-state index in [1.807, 2.05) is 12.1 Å². The molecule has 1 aromatic rings. The van der Waals surface area contributed by atoms with E-state index in [1.165, 1.54) is 5.56 Å². The van der Waals surface area contributed by atoms with E-state index in [4.69, 9.17) is 0 Å². The molecule has 1 rings (SSSR count). The number of hydrogen-bond acceptors (Lipinski definition) is 2. The van der Waals surface area contributed by atoms with Gasteiger partial charge in [-0.05, 0) is 23.6 Å². The van der Waals surface area contributed by atoms with Gasteiger partial charge in [0.2, 0.25) is 4.91 Å². The van der Waals surface area contributed by atoms with Gasteiger partial charge in [0.1, 0.15) is 12.2 Å². The smallest absolute Gasteiger partial charge is 0.0587 e. The third-order valence-electron chi connectivity index (χ3n) is 1.81. The Morgan fingerprint density at radius 1 is 1.15 bits per heavy atom. The average Bonchev–Trinajstić information content (AvgIpc) is 2.15. The third-order valence-corrected chi connectivity index (χ3v) is 1.81. The van der Waals surface area contributed by atoms with E-state index in [9.17, 15) is 0 Å². The summed E-state index contributed by atoms with van der Waals surface area (Å²) < 4.78 is 0. The van der Waals surface area contributed by atoms with Crippen LogP contribution < -0.4 is 4.91 Å². The molecule has 3 heteroatoms. The van der Waals surface area contributed by atoms with Crippen molar-refractivity contribution >= 4 is 5.69 Å². The standard InChI is InChI=1S/C10H14N3/c1-8(2)9-4-6-10(7-5-9)12-13-11-3/h4-8H,1-3H3/q+1. The van der Waals surface area contributed by atoms with E-state index in [1.54, 1.807) is 7.05 Å². The zero-order chi connectivity index (χ0) is 9.68. The van der Waals surface area contributed by atoms with Gasteiger partial charge < -0.3 is 0 Å². The second-order valence-corrected chi connectivity index (χ2v) is 3.14. The molecular weight excluding hydrogens is 162 g/mol. The van der Waals surface area contributed by atoms with E-state index in [-0.39, 0.29) is 0 Å². The summed E-state index contributed by atoms with van der Waals surface area (Å²) in [5.41, 5.74) is 2.15. The van der Waals surface area contributed by atoms with Crippen molar-refractivity contribution in [1.29, 1.82) is 0 Å². The van der Waals surface area contributed by atoms with E-state index < -0.39 is 0 Å². The molecule has 0 spiro atoms. The summed E-state index contributed by atoms with van der Waals surface area (Å²) in [6.45, 7) is 4.33. The summed E-state index contributed by atoms with van der Waals surface area (Å²) in [4.78, 5) is 3.57. The Labute approximate surface area is 78.2 Å². The van der Waals surface area contributed by atoms with Gasteiger partial charge in [-0.15, -0.1) is 0 Å². The fourth-order valence-corrected chi connectivity index (χ4v) is 1.02. The third kappa shape index (κ3) is 2.80. The molecule has 0 N–H and O–H groups in total. The predicted molar refractivity (Wildman–Crippen MR) is 53.1 cm³/mol. The summed E-state index contributed by atoms with van der Waals surface area (Å²) in [7, 11) is 1.60. The Kier molecular flexibility index (Phi) is 3.35. The Morgan fingerprint density at radius 3 is 2.23 bits per heavy atom. The predicted octanol–water partition coefficient (Wildman–Crippen LogP) is 3.04. The highest BCUT2D eigenvalue weighted by Crippen LogP contribution is 2.18. The Balaban J connectivity index is 2.87. The highest BCUT2D eigenvalue weighted by atomic mass is 15.2. The molecule has 0 atom stereocenters. The molecule has 68 valence electrons. The van der Waals surface area contributed by atoms with Crippen LogP contribution in [0.5, 0.6) is 0 Å². The first kappa shape index (κ1) is 9.62. The largest absolute Gasteiger partial charge is 0.222 e. The lowest BCUT2D eigenvalue weighted by Gasteiger charge is -2.02. The van der Waals surface area contributed by atoms with Crippen LogP contribution in [-0.2, 0) is 0 Å². The molecule has 0 amide bonds. The van der Waals surface area contributed by atoms with E-state index >= 15 is 0 Å². The molecule has 0 unspecified atom stereocenters. The van der Waals surface area contributed by atoms with Crippen LogP contribution >= 0.6 is 0 Å². The molecule has 0 radical (unpaired) electrons. The van der Waals surface area contributed by atoms with Crippen LogP contribution in [0.25, 0.3) is 0 Å². The van der Waals surface area contributed by atoms with Gasteiger partial charge in [-0.2, -0.15) is 0 Å². The van der Waals surface area contributed by atoms with Crippen LogP contribution in [0.4, 0.5) is 5.69 Å². The average molecular weight is 176 g/mol.